The Kier molecular flexibility index (Phi) is 7.28. The summed E-state index contributed by atoms with van der Waals surface area (Å²) in [6, 6.07) is 6.50. The summed E-state index contributed by atoms with van der Waals surface area (Å²) in [5.41, 5.74) is 0.211. The number of benzene rings is 2. The number of hydrogen-bond acceptors (Lipinski definition) is 4. The zero-order valence-corrected chi connectivity index (χ0v) is 17.6. The van der Waals surface area contributed by atoms with E-state index in [1.54, 1.807) is 13.0 Å². The molecule has 1 aliphatic heterocycles. The molecule has 3 rings (SSSR count). The van der Waals surface area contributed by atoms with Gasteiger partial charge in [-0.15, -0.1) is 0 Å². The van der Waals surface area contributed by atoms with Crippen LogP contribution in [0.25, 0.3) is 0 Å². The summed E-state index contributed by atoms with van der Waals surface area (Å²) in [6.07, 6.45) is -0.466. The Labute approximate surface area is 182 Å². The summed E-state index contributed by atoms with van der Waals surface area (Å²) < 4.78 is 39.3. The molecule has 1 amide bonds. The summed E-state index contributed by atoms with van der Waals surface area (Å²) in [6.45, 7) is 2.13. The van der Waals surface area contributed by atoms with E-state index in [4.69, 9.17) is 32.7 Å². The van der Waals surface area contributed by atoms with Crippen LogP contribution in [0.4, 0.5) is 8.78 Å². The molecule has 160 valence electrons. The number of ketones is 1. The average Bonchev–Trinajstić information content (AvgIpc) is 2.73. The van der Waals surface area contributed by atoms with Gasteiger partial charge in [-0.05, 0) is 30.3 Å². The Morgan fingerprint density at radius 2 is 1.90 bits per heavy atom. The summed E-state index contributed by atoms with van der Waals surface area (Å²) in [5.74, 6) is -3.23. The van der Waals surface area contributed by atoms with Gasteiger partial charge in [-0.1, -0.05) is 30.1 Å². The van der Waals surface area contributed by atoms with Crippen molar-refractivity contribution in [1.82, 2.24) is 4.90 Å². The van der Waals surface area contributed by atoms with Crippen LogP contribution in [0.2, 0.25) is 10.0 Å². The van der Waals surface area contributed by atoms with E-state index in [-0.39, 0.29) is 54.0 Å². The Bertz CT molecular complexity index is 947. The van der Waals surface area contributed by atoms with Crippen molar-refractivity contribution >= 4 is 34.9 Å². The second kappa shape index (κ2) is 9.73. The molecule has 30 heavy (non-hydrogen) atoms. The van der Waals surface area contributed by atoms with Gasteiger partial charge < -0.3 is 14.4 Å². The number of hydrogen-bond donors (Lipinski definition) is 0. The Balaban J connectivity index is 1.66. The molecule has 9 heteroatoms. The number of carbonyl (C=O) groups excluding carboxylic acids is 2. The third-order valence-electron chi connectivity index (χ3n) is 4.64. The van der Waals surface area contributed by atoms with Gasteiger partial charge in [0.05, 0.1) is 23.7 Å². The molecule has 2 aromatic carbocycles. The molecule has 2 aromatic rings. The fourth-order valence-corrected chi connectivity index (χ4v) is 3.45. The van der Waals surface area contributed by atoms with Crippen molar-refractivity contribution in [2.24, 2.45) is 0 Å². The molecule has 0 N–H and O–H groups in total. The minimum absolute atomic E-state index is 0.0519. The van der Waals surface area contributed by atoms with Crippen LogP contribution in [0.15, 0.2) is 30.3 Å². The zero-order valence-electron chi connectivity index (χ0n) is 16.1. The number of Topliss-reactive ketones (excluding diaryl/α,β-unsaturated/α-hetero) is 1. The molecule has 1 fully saturated rings. The largest absolute Gasteiger partial charge is 0.485 e. The Hall–Kier alpha value is -2.22. The normalized spacial score (nSPS) is 16.4. The van der Waals surface area contributed by atoms with E-state index in [0.29, 0.717) is 11.6 Å². The molecule has 0 saturated carbocycles. The number of morpholine rings is 1. The lowest BCUT2D eigenvalue weighted by Crippen LogP contribution is -2.47. The van der Waals surface area contributed by atoms with Gasteiger partial charge in [0.2, 0.25) is 0 Å². The predicted molar refractivity (Wildman–Crippen MR) is 109 cm³/mol. The monoisotopic (exact) mass is 457 g/mol. The molecule has 1 saturated heterocycles. The van der Waals surface area contributed by atoms with E-state index >= 15 is 0 Å². The van der Waals surface area contributed by atoms with Gasteiger partial charge in [-0.3, -0.25) is 9.59 Å². The van der Waals surface area contributed by atoms with Gasteiger partial charge in [0.25, 0.3) is 5.91 Å². The first kappa shape index (κ1) is 22.5. The van der Waals surface area contributed by atoms with E-state index in [9.17, 15) is 18.4 Å². The van der Waals surface area contributed by atoms with E-state index in [2.05, 4.69) is 0 Å². The summed E-state index contributed by atoms with van der Waals surface area (Å²) in [5, 5.41) is 0.654. The van der Waals surface area contributed by atoms with E-state index < -0.39 is 23.5 Å². The number of ether oxygens (including phenoxy) is 2. The lowest BCUT2D eigenvalue weighted by atomic mass is 10.1. The second-order valence-corrected chi connectivity index (χ2v) is 7.57. The highest BCUT2D eigenvalue weighted by atomic mass is 35.5. The lowest BCUT2D eigenvalue weighted by molar-refractivity contribution is -0.0410. The van der Waals surface area contributed by atoms with Crippen LogP contribution in [0.1, 0.15) is 34.1 Å². The van der Waals surface area contributed by atoms with Crippen molar-refractivity contribution in [3.05, 3.63) is 63.1 Å². The van der Waals surface area contributed by atoms with Crippen molar-refractivity contribution in [3.63, 3.8) is 0 Å². The van der Waals surface area contributed by atoms with Crippen molar-refractivity contribution in [2.45, 2.75) is 19.4 Å². The van der Waals surface area contributed by atoms with Gasteiger partial charge in [0.1, 0.15) is 12.7 Å². The van der Waals surface area contributed by atoms with Crippen LogP contribution in [0, 0.1) is 11.6 Å². The van der Waals surface area contributed by atoms with Gasteiger partial charge in [0.15, 0.2) is 23.2 Å². The highest BCUT2D eigenvalue weighted by molar-refractivity contribution is 6.35. The SMILES string of the molecule is CCC(=O)c1cc(F)c(OCC2CN(C(=O)c3cc(Cl)ccc3Cl)CCO2)c(F)c1. The predicted octanol–water partition coefficient (Wildman–Crippen LogP) is 4.78. The average molecular weight is 458 g/mol. The van der Waals surface area contributed by atoms with Gasteiger partial charge in [-0.2, -0.15) is 0 Å². The van der Waals surface area contributed by atoms with Crippen LogP contribution in [0.3, 0.4) is 0 Å². The molecular weight excluding hydrogens is 439 g/mol. The smallest absolute Gasteiger partial charge is 0.255 e. The number of rotatable bonds is 6. The minimum atomic E-state index is -0.971. The molecule has 0 aliphatic carbocycles. The Morgan fingerprint density at radius 1 is 1.20 bits per heavy atom. The molecule has 1 aliphatic rings. The Morgan fingerprint density at radius 3 is 2.57 bits per heavy atom. The van der Waals surface area contributed by atoms with Crippen LogP contribution < -0.4 is 4.74 Å². The molecule has 0 spiro atoms. The topological polar surface area (TPSA) is 55.8 Å². The maximum absolute atomic E-state index is 14.2. The highest BCUT2D eigenvalue weighted by Gasteiger charge is 2.27. The summed E-state index contributed by atoms with van der Waals surface area (Å²) >= 11 is 12.0. The third-order valence-corrected chi connectivity index (χ3v) is 5.20. The highest BCUT2D eigenvalue weighted by Crippen LogP contribution is 2.26. The van der Waals surface area contributed by atoms with E-state index in [1.165, 1.54) is 17.0 Å². The first-order valence-electron chi connectivity index (χ1n) is 9.31. The number of halogens is 4. The quantitative estimate of drug-likeness (QED) is 0.585. The van der Waals surface area contributed by atoms with Crippen LogP contribution in [-0.4, -0.2) is 49.0 Å². The van der Waals surface area contributed by atoms with Crippen LogP contribution in [0.5, 0.6) is 5.75 Å². The lowest BCUT2D eigenvalue weighted by Gasteiger charge is -2.33. The van der Waals surface area contributed by atoms with Crippen molar-refractivity contribution < 1.29 is 27.8 Å². The first-order valence-corrected chi connectivity index (χ1v) is 10.1. The molecular formula is C21H19Cl2F2NO4. The van der Waals surface area contributed by atoms with Crippen molar-refractivity contribution in [3.8, 4) is 5.75 Å². The summed E-state index contributed by atoms with van der Waals surface area (Å²) in [7, 11) is 0. The molecule has 0 aromatic heterocycles. The standard InChI is InChI=1S/C21H19Cl2F2NO4/c1-2-19(27)12-7-17(24)20(18(25)8-12)30-11-14-10-26(5-6-29-14)21(28)15-9-13(22)3-4-16(15)23/h3-4,7-9,14H,2,5-6,10-11H2,1H3. The molecule has 1 unspecified atom stereocenters. The van der Waals surface area contributed by atoms with Gasteiger partial charge in [-0.25, -0.2) is 8.78 Å². The zero-order chi connectivity index (χ0) is 21.8. The van der Waals surface area contributed by atoms with E-state index in [0.717, 1.165) is 12.1 Å². The molecule has 1 heterocycles. The summed E-state index contributed by atoms with van der Waals surface area (Å²) in [4.78, 5) is 25.9. The van der Waals surface area contributed by atoms with Crippen molar-refractivity contribution in [2.75, 3.05) is 26.3 Å². The number of nitrogens with zero attached hydrogens (tertiary/aromatic N) is 1. The third kappa shape index (κ3) is 5.09. The van der Waals surface area contributed by atoms with Gasteiger partial charge in [0, 0.05) is 23.6 Å². The maximum Gasteiger partial charge on any atom is 0.255 e. The fourth-order valence-electron chi connectivity index (χ4n) is 3.08. The molecule has 0 radical (unpaired) electrons. The van der Waals surface area contributed by atoms with E-state index in [1.807, 2.05) is 0 Å². The van der Waals surface area contributed by atoms with Crippen molar-refractivity contribution in [1.29, 1.82) is 0 Å². The van der Waals surface area contributed by atoms with Crippen LogP contribution >= 0.6 is 23.2 Å². The molecule has 1 atom stereocenters. The molecule has 0 bridgehead atoms. The number of amides is 1. The fraction of sp³-hybridized carbons (Fsp3) is 0.333. The molecule has 5 nitrogen and oxygen atoms in total. The second-order valence-electron chi connectivity index (χ2n) is 6.72. The number of carbonyl (C=O) groups is 2. The van der Waals surface area contributed by atoms with Gasteiger partial charge >= 0.3 is 0 Å². The maximum atomic E-state index is 14.2. The minimum Gasteiger partial charge on any atom is -0.485 e. The first-order chi connectivity index (χ1) is 14.3. The van der Waals surface area contributed by atoms with Crippen LogP contribution in [-0.2, 0) is 4.74 Å².